The highest BCUT2D eigenvalue weighted by Gasteiger charge is 2.31. The highest BCUT2D eigenvalue weighted by atomic mass is 16.5. The van der Waals surface area contributed by atoms with Gasteiger partial charge in [-0.15, -0.1) is 0 Å². The third-order valence-electron chi connectivity index (χ3n) is 4.47. The van der Waals surface area contributed by atoms with Gasteiger partial charge in [-0.3, -0.25) is 0 Å². The lowest BCUT2D eigenvalue weighted by Crippen LogP contribution is -2.52. The zero-order valence-corrected chi connectivity index (χ0v) is 16.0. The lowest BCUT2D eigenvalue weighted by Gasteiger charge is -2.30. The van der Waals surface area contributed by atoms with Crippen molar-refractivity contribution in [2.75, 3.05) is 13.2 Å². The van der Waals surface area contributed by atoms with Gasteiger partial charge in [-0.2, -0.15) is 0 Å². The van der Waals surface area contributed by atoms with Crippen molar-refractivity contribution in [3.63, 3.8) is 0 Å². The van der Waals surface area contributed by atoms with Gasteiger partial charge in [-0.1, -0.05) is 51.1 Å². The summed E-state index contributed by atoms with van der Waals surface area (Å²) in [6.45, 7) is 8.67. The van der Waals surface area contributed by atoms with Crippen molar-refractivity contribution in [2.24, 2.45) is 5.92 Å². The Hall–Kier alpha value is -2.34. The molecule has 0 bridgehead atoms. The first-order valence-electron chi connectivity index (χ1n) is 9.23. The minimum absolute atomic E-state index is 0.110. The molecule has 2 atom stereocenters. The summed E-state index contributed by atoms with van der Waals surface area (Å²) in [5.41, 5.74) is 2.26. The molecule has 0 aliphatic carbocycles. The fourth-order valence-corrected chi connectivity index (χ4v) is 3.21. The molecule has 0 unspecified atom stereocenters. The van der Waals surface area contributed by atoms with Crippen molar-refractivity contribution in [1.29, 1.82) is 0 Å². The predicted octanol–water partition coefficient (Wildman–Crippen LogP) is 2.88. The molecular weight excluding hydrogens is 330 g/mol. The van der Waals surface area contributed by atoms with E-state index >= 15 is 0 Å². The van der Waals surface area contributed by atoms with Gasteiger partial charge in [-0.05, 0) is 24.8 Å². The van der Waals surface area contributed by atoms with E-state index in [-0.39, 0.29) is 24.1 Å². The van der Waals surface area contributed by atoms with E-state index in [1.165, 1.54) is 5.56 Å². The van der Waals surface area contributed by atoms with Crippen LogP contribution in [0.25, 0.3) is 0 Å². The Morgan fingerprint density at radius 1 is 1.23 bits per heavy atom. The number of hydrogen-bond donors (Lipinski definition) is 3. The number of esters is 1. The second kappa shape index (κ2) is 9.38. The number of carbonyl (C=O) groups excluding carboxylic acids is 2. The van der Waals surface area contributed by atoms with Gasteiger partial charge >= 0.3 is 12.0 Å². The van der Waals surface area contributed by atoms with Crippen LogP contribution in [0.1, 0.15) is 45.7 Å². The highest BCUT2D eigenvalue weighted by Crippen LogP contribution is 2.23. The molecule has 0 saturated carbocycles. The molecule has 0 aromatic heterocycles. The van der Waals surface area contributed by atoms with Crippen LogP contribution in [0.2, 0.25) is 0 Å². The van der Waals surface area contributed by atoms with Crippen molar-refractivity contribution in [1.82, 2.24) is 16.0 Å². The van der Waals surface area contributed by atoms with Gasteiger partial charge in [0.15, 0.2) is 0 Å². The maximum atomic E-state index is 12.4. The third-order valence-corrected chi connectivity index (χ3v) is 4.47. The summed E-state index contributed by atoms with van der Waals surface area (Å²) >= 11 is 0. The first-order valence-corrected chi connectivity index (χ1v) is 9.23. The monoisotopic (exact) mass is 359 g/mol. The predicted molar refractivity (Wildman–Crippen MR) is 101 cm³/mol. The lowest BCUT2D eigenvalue weighted by atomic mass is 9.95. The number of rotatable bonds is 8. The van der Waals surface area contributed by atoms with E-state index in [2.05, 4.69) is 41.9 Å². The Kier molecular flexibility index (Phi) is 7.21. The molecule has 1 aromatic carbocycles. The second-order valence-electron chi connectivity index (χ2n) is 6.69. The zero-order chi connectivity index (χ0) is 19.1. The molecule has 2 amide bonds. The van der Waals surface area contributed by atoms with Crippen LogP contribution < -0.4 is 16.0 Å². The van der Waals surface area contributed by atoms with E-state index < -0.39 is 0 Å². The normalized spacial score (nSPS) is 18.3. The summed E-state index contributed by atoms with van der Waals surface area (Å²) in [6.07, 6.45) is 0.622. The molecule has 1 aliphatic rings. The van der Waals surface area contributed by atoms with Gasteiger partial charge < -0.3 is 20.7 Å². The van der Waals surface area contributed by atoms with Crippen LogP contribution >= 0.6 is 0 Å². The smallest absolute Gasteiger partial charge is 0.337 e. The summed E-state index contributed by atoms with van der Waals surface area (Å²) in [4.78, 5) is 24.4. The minimum atomic E-state index is -0.385. The van der Waals surface area contributed by atoms with Crippen molar-refractivity contribution < 1.29 is 14.3 Å². The number of ether oxygens (including phenoxy) is 1. The average molecular weight is 359 g/mol. The first kappa shape index (κ1) is 20.0. The molecule has 1 aromatic rings. The van der Waals surface area contributed by atoms with Crippen LogP contribution in [0.3, 0.4) is 0 Å². The standard InChI is InChI=1S/C20H29N3O3/c1-5-15-17(19(24)26-6-2)16(23-20(25)22-15)12-21-18(13(3)4)14-10-8-7-9-11-14/h7-11,13,15,18,21H,5-6,12H2,1-4H3,(H2,22,23,25)/t15-,18+/m0/s1. The van der Waals surface area contributed by atoms with Crippen molar-refractivity contribution in [3.05, 3.63) is 47.2 Å². The molecule has 0 saturated heterocycles. The fourth-order valence-electron chi connectivity index (χ4n) is 3.21. The molecule has 0 radical (unpaired) electrons. The van der Waals surface area contributed by atoms with Crippen LogP contribution in [-0.4, -0.2) is 31.2 Å². The van der Waals surface area contributed by atoms with Gasteiger partial charge in [0.1, 0.15) is 0 Å². The van der Waals surface area contributed by atoms with Crippen molar-refractivity contribution >= 4 is 12.0 Å². The van der Waals surface area contributed by atoms with E-state index in [0.29, 0.717) is 36.8 Å². The van der Waals surface area contributed by atoms with E-state index in [1.807, 2.05) is 25.1 Å². The van der Waals surface area contributed by atoms with E-state index in [0.717, 1.165) is 0 Å². The second-order valence-corrected chi connectivity index (χ2v) is 6.69. The minimum Gasteiger partial charge on any atom is -0.463 e. The van der Waals surface area contributed by atoms with E-state index in [9.17, 15) is 9.59 Å². The zero-order valence-electron chi connectivity index (χ0n) is 16.0. The molecule has 6 heteroatoms. The Bertz CT molecular complexity index is 656. The summed E-state index contributed by atoms with van der Waals surface area (Å²) in [7, 11) is 0. The molecule has 142 valence electrons. The van der Waals surface area contributed by atoms with Gasteiger partial charge in [0.25, 0.3) is 0 Å². The summed E-state index contributed by atoms with van der Waals surface area (Å²) in [5, 5.41) is 9.06. The number of benzene rings is 1. The Morgan fingerprint density at radius 3 is 2.50 bits per heavy atom. The number of amides is 2. The summed E-state index contributed by atoms with van der Waals surface area (Å²) < 4.78 is 5.20. The maximum absolute atomic E-state index is 12.4. The van der Waals surface area contributed by atoms with Gasteiger partial charge in [-0.25, -0.2) is 9.59 Å². The molecule has 1 heterocycles. The molecule has 6 nitrogen and oxygen atoms in total. The van der Waals surface area contributed by atoms with Crippen molar-refractivity contribution in [2.45, 2.75) is 46.2 Å². The third kappa shape index (κ3) is 4.85. The first-order chi connectivity index (χ1) is 12.5. The molecule has 26 heavy (non-hydrogen) atoms. The van der Waals surface area contributed by atoms with E-state index in [1.54, 1.807) is 6.92 Å². The Balaban J connectivity index is 2.26. The van der Waals surface area contributed by atoms with Crippen LogP contribution in [-0.2, 0) is 9.53 Å². The number of hydrogen-bond acceptors (Lipinski definition) is 4. The molecule has 3 N–H and O–H groups in total. The number of nitrogens with one attached hydrogen (secondary N) is 3. The largest absolute Gasteiger partial charge is 0.463 e. The maximum Gasteiger partial charge on any atom is 0.337 e. The average Bonchev–Trinajstić information content (AvgIpc) is 2.62. The van der Waals surface area contributed by atoms with Gasteiger partial charge in [0.05, 0.1) is 18.2 Å². The Morgan fingerprint density at radius 2 is 1.92 bits per heavy atom. The van der Waals surface area contributed by atoms with Crippen LogP contribution in [0.4, 0.5) is 4.79 Å². The lowest BCUT2D eigenvalue weighted by molar-refractivity contribution is -0.139. The topological polar surface area (TPSA) is 79.5 Å². The number of urea groups is 1. The Labute approximate surface area is 155 Å². The quantitative estimate of drug-likeness (QED) is 0.624. The molecule has 0 spiro atoms. The molecule has 1 aliphatic heterocycles. The van der Waals surface area contributed by atoms with Crippen molar-refractivity contribution in [3.8, 4) is 0 Å². The summed E-state index contributed by atoms with van der Waals surface area (Å²) in [6, 6.07) is 9.64. The van der Waals surface area contributed by atoms with Gasteiger partial charge in [0, 0.05) is 18.3 Å². The fraction of sp³-hybridized carbons (Fsp3) is 0.500. The van der Waals surface area contributed by atoms with Crippen LogP contribution in [0, 0.1) is 5.92 Å². The SMILES string of the molecule is CCOC(=O)C1=C(CN[C@@H](c2ccccc2)C(C)C)NC(=O)N[C@H]1CC. The van der Waals surface area contributed by atoms with E-state index in [4.69, 9.17) is 4.74 Å². The molecular formula is C20H29N3O3. The van der Waals surface area contributed by atoms with Gasteiger partial charge in [0.2, 0.25) is 0 Å². The molecule has 0 fully saturated rings. The molecule has 2 rings (SSSR count). The highest BCUT2D eigenvalue weighted by molar-refractivity contribution is 5.94. The van der Waals surface area contributed by atoms with Crippen LogP contribution in [0.15, 0.2) is 41.6 Å². The van der Waals surface area contributed by atoms with Crippen LogP contribution in [0.5, 0.6) is 0 Å². The summed E-state index contributed by atoms with van der Waals surface area (Å²) in [5.74, 6) is -0.0344. The number of carbonyl (C=O) groups is 2.